The number of hydrogen-bond acceptors (Lipinski definition) is 3. The van der Waals surface area contributed by atoms with E-state index in [-0.39, 0.29) is 24.4 Å². The van der Waals surface area contributed by atoms with Crippen molar-refractivity contribution in [3.05, 3.63) is 36.0 Å². The van der Waals surface area contributed by atoms with Crippen LogP contribution in [0.15, 0.2) is 30.5 Å². The van der Waals surface area contributed by atoms with Gasteiger partial charge in [0.05, 0.1) is 24.8 Å². The van der Waals surface area contributed by atoms with Crippen LogP contribution in [-0.2, 0) is 4.74 Å². The molecule has 19 heavy (non-hydrogen) atoms. The van der Waals surface area contributed by atoms with E-state index in [1.165, 1.54) is 0 Å². The maximum atomic E-state index is 11.7. The van der Waals surface area contributed by atoms with Gasteiger partial charge in [-0.15, -0.1) is 12.4 Å². The SMILES string of the molecule is CC(=O)n1cc([C@@H]2COCCN2)c2ccccc21.Cl. The highest BCUT2D eigenvalue weighted by Gasteiger charge is 2.20. The number of rotatable bonds is 1. The van der Waals surface area contributed by atoms with Crippen molar-refractivity contribution >= 4 is 29.2 Å². The lowest BCUT2D eigenvalue weighted by Gasteiger charge is -2.23. The predicted octanol–water partition coefficient (Wildman–Crippen LogP) is 2.38. The molecule has 0 amide bonds. The van der Waals surface area contributed by atoms with Gasteiger partial charge >= 0.3 is 0 Å². The zero-order valence-electron chi connectivity index (χ0n) is 10.8. The summed E-state index contributed by atoms with van der Waals surface area (Å²) in [5.74, 6) is 0.0363. The van der Waals surface area contributed by atoms with Crippen molar-refractivity contribution in [3.8, 4) is 0 Å². The normalized spacial score (nSPS) is 19.1. The largest absolute Gasteiger partial charge is 0.378 e. The first-order chi connectivity index (χ1) is 8.77. The Kier molecular flexibility index (Phi) is 4.24. The lowest BCUT2D eigenvalue weighted by atomic mass is 10.1. The summed E-state index contributed by atoms with van der Waals surface area (Å²) in [6.07, 6.45) is 1.93. The molecule has 1 aromatic heterocycles. The van der Waals surface area contributed by atoms with Crippen molar-refractivity contribution in [1.82, 2.24) is 9.88 Å². The molecule has 102 valence electrons. The number of nitrogens with zero attached hydrogens (tertiary/aromatic N) is 1. The molecular weight excluding hydrogens is 264 g/mol. The van der Waals surface area contributed by atoms with Gasteiger partial charge in [-0.05, 0) is 11.6 Å². The minimum absolute atomic E-state index is 0. The standard InChI is InChI=1S/C14H16N2O2.ClH/c1-10(17)16-8-12(13-9-18-7-6-15-13)11-4-2-3-5-14(11)16;/h2-5,8,13,15H,6-7,9H2,1H3;1H/t13-;/m0./s1. The van der Waals surface area contributed by atoms with Gasteiger partial charge in [0, 0.05) is 25.1 Å². The van der Waals surface area contributed by atoms with E-state index in [0.717, 1.165) is 29.6 Å². The third kappa shape index (κ3) is 2.52. The van der Waals surface area contributed by atoms with Gasteiger partial charge in [0.1, 0.15) is 0 Å². The van der Waals surface area contributed by atoms with Crippen molar-refractivity contribution in [2.75, 3.05) is 19.8 Å². The van der Waals surface area contributed by atoms with E-state index in [1.807, 2.05) is 24.4 Å². The van der Waals surface area contributed by atoms with E-state index in [4.69, 9.17) is 4.74 Å². The van der Waals surface area contributed by atoms with Crippen LogP contribution in [0.2, 0.25) is 0 Å². The van der Waals surface area contributed by atoms with Crippen LogP contribution in [0.3, 0.4) is 0 Å². The molecule has 0 spiro atoms. The third-order valence-corrected chi connectivity index (χ3v) is 3.38. The highest BCUT2D eigenvalue weighted by molar-refractivity contribution is 5.93. The number of carbonyl (C=O) groups is 1. The van der Waals surface area contributed by atoms with E-state index >= 15 is 0 Å². The number of ether oxygens (including phenoxy) is 1. The Labute approximate surface area is 118 Å². The van der Waals surface area contributed by atoms with E-state index < -0.39 is 0 Å². The Morgan fingerprint density at radius 1 is 1.42 bits per heavy atom. The average Bonchev–Trinajstić information content (AvgIpc) is 2.79. The van der Waals surface area contributed by atoms with Crippen LogP contribution in [0.5, 0.6) is 0 Å². The molecule has 1 atom stereocenters. The minimum Gasteiger partial charge on any atom is -0.378 e. The molecule has 0 saturated carbocycles. The molecular formula is C14H17ClN2O2. The molecule has 0 radical (unpaired) electrons. The fraction of sp³-hybridized carbons (Fsp3) is 0.357. The lowest BCUT2D eigenvalue weighted by Crippen LogP contribution is -2.34. The number of benzene rings is 1. The van der Waals surface area contributed by atoms with Gasteiger partial charge in [0.25, 0.3) is 0 Å². The second kappa shape index (κ2) is 5.74. The quantitative estimate of drug-likeness (QED) is 0.872. The summed E-state index contributed by atoms with van der Waals surface area (Å²) in [5.41, 5.74) is 2.10. The Hall–Kier alpha value is -1.36. The van der Waals surface area contributed by atoms with Gasteiger partial charge in [0.2, 0.25) is 5.91 Å². The second-order valence-electron chi connectivity index (χ2n) is 4.57. The average molecular weight is 281 g/mol. The van der Waals surface area contributed by atoms with Crippen molar-refractivity contribution in [1.29, 1.82) is 0 Å². The summed E-state index contributed by atoms with van der Waals surface area (Å²) in [5, 5.41) is 4.55. The number of nitrogens with one attached hydrogen (secondary N) is 1. The minimum atomic E-state index is 0. The van der Waals surface area contributed by atoms with Crippen LogP contribution in [0.25, 0.3) is 10.9 Å². The molecule has 1 aliphatic heterocycles. The van der Waals surface area contributed by atoms with E-state index in [2.05, 4.69) is 11.4 Å². The van der Waals surface area contributed by atoms with Crippen molar-refractivity contribution < 1.29 is 9.53 Å². The smallest absolute Gasteiger partial charge is 0.227 e. The first kappa shape index (κ1) is 14.1. The maximum Gasteiger partial charge on any atom is 0.227 e. The van der Waals surface area contributed by atoms with Gasteiger partial charge in [-0.3, -0.25) is 9.36 Å². The third-order valence-electron chi connectivity index (χ3n) is 3.38. The van der Waals surface area contributed by atoms with Gasteiger partial charge in [-0.1, -0.05) is 18.2 Å². The van der Waals surface area contributed by atoms with E-state index in [9.17, 15) is 4.79 Å². The fourth-order valence-corrected chi connectivity index (χ4v) is 2.51. The Morgan fingerprint density at radius 3 is 2.89 bits per heavy atom. The molecule has 5 heteroatoms. The summed E-state index contributed by atoms with van der Waals surface area (Å²) in [6, 6.07) is 8.16. The Bertz CT molecular complexity index is 588. The van der Waals surface area contributed by atoms with Gasteiger partial charge in [0.15, 0.2) is 0 Å². The summed E-state index contributed by atoms with van der Waals surface area (Å²) in [4.78, 5) is 11.7. The lowest BCUT2D eigenvalue weighted by molar-refractivity contribution is 0.0771. The second-order valence-corrected chi connectivity index (χ2v) is 4.57. The number of fused-ring (bicyclic) bond motifs is 1. The molecule has 0 aliphatic carbocycles. The molecule has 1 saturated heterocycles. The van der Waals surface area contributed by atoms with Crippen molar-refractivity contribution in [2.45, 2.75) is 13.0 Å². The summed E-state index contributed by atoms with van der Waals surface area (Å²) < 4.78 is 7.21. The number of para-hydroxylation sites is 1. The Morgan fingerprint density at radius 2 is 2.21 bits per heavy atom. The molecule has 1 aromatic carbocycles. The van der Waals surface area contributed by atoms with Crippen LogP contribution < -0.4 is 5.32 Å². The van der Waals surface area contributed by atoms with Crippen molar-refractivity contribution in [3.63, 3.8) is 0 Å². The zero-order chi connectivity index (χ0) is 12.5. The van der Waals surface area contributed by atoms with Crippen LogP contribution >= 0.6 is 12.4 Å². The molecule has 1 aliphatic rings. The first-order valence-corrected chi connectivity index (χ1v) is 6.19. The molecule has 4 nitrogen and oxygen atoms in total. The fourth-order valence-electron chi connectivity index (χ4n) is 2.51. The predicted molar refractivity (Wildman–Crippen MR) is 77.0 cm³/mol. The zero-order valence-corrected chi connectivity index (χ0v) is 11.6. The summed E-state index contributed by atoms with van der Waals surface area (Å²) in [6.45, 7) is 3.85. The molecule has 0 unspecified atom stereocenters. The Balaban J connectivity index is 0.00000133. The van der Waals surface area contributed by atoms with Gasteiger partial charge < -0.3 is 10.1 Å². The van der Waals surface area contributed by atoms with Gasteiger partial charge in [-0.25, -0.2) is 0 Å². The first-order valence-electron chi connectivity index (χ1n) is 6.19. The summed E-state index contributed by atoms with van der Waals surface area (Å²) >= 11 is 0. The molecule has 2 aromatic rings. The van der Waals surface area contributed by atoms with E-state index in [1.54, 1.807) is 11.5 Å². The highest BCUT2D eigenvalue weighted by Crippen LogP contribution is 2.27. The number of aromatic nitrogens is 1. The number of carbonyl (C=O) groups excluding carboxylic acids is 1. The maximum absolute atomic E-state index is 11.7. The van der Waals surface area contributed by atoms with Crippen LogP contribution in [-0.4, -0.2) is 30.2 Å². The number of halogens is 1. The highest BCUT2D eigenvalue weighted by atomic mass is 35.5. The van der Waals surface area contributed by atoms with Crippen LogP contribution in [0.1, 0.15) is 23.3 Å². The number of hydrogen-bond donors (Lipinski definition) is 1. The molecule has 1 N–H and O–H groups in total. The molecule has 0 bridgehead atoms. The van der Waals surface area contributed by atoms with Crippen LogP contribution in [0.4, 0.5) is 0 Å². The number of morpholine rings is 1. The molecule has 2 heterocycles. The molecule has 3 rings (SSSR count). The van der Waals surface area contributed by atoms with Crippen molar-refractivity contribution in [2.24, 2.45) is 0 Å². The monoisotopic (exact) mass is 280 g/mol. The van der Waals surface area contributed by atoms with Gasteiger partial charge in [-0.2, -0.15) is 0 Å². The van der Waals surface area contributed by atoms with Crippen LogP contribution in [0, 0.1) is 0 Å². The topological polar surface area (TPSA) is 43.3 Å². The summed E-state index contributed by atoms with van der Waals surface area (Å²) in [7, 11) is 0. The molecule has 1 fully saturated rings. The van der Waals surface area contributed by atoms with E-state index in [0.29, 0.717) is 6.61 Å².